The lowest BCUT2D eigenvalue weighted by Crippen LogP contribution is -2.00. The molecule has 26 heavy (non-hydrogen) atoms. The Morgan fingerprint density at radius 1 is 0.885 bits per heavy atom. The molecule has 1 heterocycles. The highest BCUT2D eigenvalue weighted by atomic mass is 16.5. The summed E-state index contributed by atoms with van der Waals surface area (Å²) in [6, 6.07) is 17.2. The topological polar surface area (TPSA) is 75.9 Å². The summed E-state index contributed by atoms with van der Waals surface area (Å²) >= 11 is 0. The molecule has 3 rings (SSSR count). The number of hydrogen-bond donors (Lipinski definition) is 0. The zero-order valence-electron chi connectivity index (χ0n) is 14.8. The third kappa shape index (κ3) is 3.31. The second kappa shape index (κ2) is 7.16. The number of carbonyl (C=O) groups is 1. The zero-order valence-corrected chi connectivity index (χ0v) is 14.8. The summed E-state index contributed by atoms with van der Waals surface area (Å²) in [5.74, 6) is -0.353. The first-order valence-electron chi connectivity index (χ1n) is 8.08. The average molecular weight is 343 g/mol. The Hall–Kier alpha value is -3.52. The third-order valence-electron chi connectivity index (χ3n) is 4.15. The Bertz CT molecular complexity index is 1000. The van der Waals surface area contributed by atoms with Gasteiger partial charge in [-0.25, -0.2) is 9.78 Å². The van der Waals surface area contributed by atoms with Crippen LogP contribution < -0.4 is 0 Å². The van der Waals surface area contributed by atoms with E-state index in [-0.39, 0.29) is 5.97 Å². The van der Waals surface area contributed by atoms with Gasteiger partial charge >= 0.3 is 5.97 Å². The molecule has 1 aromatic heterocycles. The average Bonchev–Trinajstić information content (AvgIpc) is 2.68. The van der Waals surface area contributed by atoms with Gasteiger partial charge in [-0.05, 0) is 37.1 Å². The Balaban J connectivity index is 1.92. The van der Waals surface area contributed by atoms with Gasteiger partial charge < -0.3 is 4.74 Å². The molecule has 0 radical (unpaired) electrons. The lowest BCUT2D eigenvalue weighted by atomic mass is 10.0. The number of rotatable bonds is 3. The SMILES string of the molecule is COC(=O)c1ccc(-c2ccc(-c3nc(C#N)c(C)nc3C)cc2)cc1. The smallest absolute Gasteiger partial charge is 0.337 e. The molecule has 2 aromatic carbocycles. The van der Waals surface area contributed by atoms with Crippen molar-refractivity contribution in [2.45, 2.75) is 13.8 Å². The van der Waals surface area contributed by atoms with Gasteiger partial charge in [0.05, 0.1) is 29.8 Å². The van der Waals surface area contributed by atoms with Crippen LogP contribution in [0.5, 0.6) is 0 Å². The second-order valence-electron chi connectivity index (χ2n) is 5.85. The molecule has 0 aliphatic carbocycles. The van der Waals surface area contributed by atoms with Gasteiger partial charge in [0.2, 0.25) is 0 Å². The summed E-state index contributed by atoms with van der Waals surface area (Å²) in [6.07, 6.45) is 0. The molecule has 0 N–H and O–H groups in total. The van der Waals surface area contributed by atoms with Crippen LogP contribution in [0.2, 0.25) is 0 Å². The fraction of sp³-hybridized carbons (Fsp3) is 0.143. The number of nitriles is 1. The van der Waals surface area contributed by atoms with Crippen molar-refractivity contribution in [3.8, 4) is 28.5 Å². The van der Waals surface area contributed by atoms with Crippen molar-refractivity contribution in [3.63, 3.8) is 0 Å². The molecule has 0 bridgehead atoms. The second-order valence-corrected chi connectivity index (χ2v) is 5.85. The minimum Gasteiger partial charge on any atom is -0.465 e. The minimum absolute atomic E-state index is 0.341. The third-order valence-corrected chi connectivity index (χ3v) is 4.15. The lowest BCUT2D eigenvalue weighted by molar-refractivity contribution is 0.0601. The quantitative estimate of drug-likeness (QED) is 0.670. The summed E-state index contributed by atoms with van der Waals surface area (Å²) in [5, 5.41) is 9.17. The van der Waals surface area contributed by atoms with Crippen molar-refractivity contribution >= 4 is 5.97 Å². The van der Waals surface area contributed by atoms with Gasteiger partial charge in [0.25, 0.3) is 0 Å². The standard InChI is InChI=1S/C21H17N3O2/c1-13-19(12-22)24-20(14(2)23-13)17-8-4-15(5-9-17)16-6-10-18(11-7-16)21(25)26-3/h4-11H,1-3H3. The van der Waals surface area contributed by atoms with Crippen LogP contribution in [0, 0.1) is 25.2 Å². The van der Waals surface area contributed by atoms with E-state index in [1.807, 2.05) is 43.3 Å². The molecule has 0 unspecified atom stereocenters. The molecule has 0 atom stereocenters. The number of ether oxygens (including phenoxy) is 1. The van der Waals surface area contributed by atoms with E-state index in [2.05, 4.69) is 16.0 Å². The predicted octanol–water partition coefficient (Wildman–Crippen LogP) is 4.09. The van der Waals surface area contributed by atoms with Crippen molar-refractivity contribution in [3.05, 3.63) is 71.2 Å². The molecular formula is C21H17N3O2. The summed E-state index contributed by atoms with van der Waals surface area (Å²) in [4.78, 5) is 20.3. The number of aromatic nitrogens is 2. The molecule has 0 aliphatic heterocycles. The van der Waals surface area contributed by atoms with Crippen LogP contribution in [-0.2, 0) is 4.74 Å². The van der Waals surface area contributed by atoms with Gasteiger partial charge in [-0.1, -0.05) is 36.4 Å². The van der Waals surface area contributed by atoms with E-state index in [4.69, 9.17) is 10.00 Å². The van der Waals surface area contributed by atoms with E-state index in [0.29, 0.717) is 22.6 Å². The van der Waals surface area contributed by atoms with Crippen LogP contribution in [0.25, 0.3) is 22.4 Å². The van der Waals surface area contributed by atoms with Gasteiger partial charge in [0.15, 0.2) is 5.69 Å². The lowest BCUT2D eigenvalue weighted by Gasteiger charge is -2.08. The first-order chi connectivity index (χ1) is 12.5. The molecule has 0 saturated carbocycles. The molecule has 5 nitrogen and oxygen atoms in total. The Kier molecular flexibility index (Phi) is 4.76. The van der Waals surface area contributed by atoms with Crippen LogP contribution >= 0.6 is 0 Å². The van der Waals surface area contributed by atoms with Crippen molar-refractivity contribution in [1.82, 2.24) is 9.97 Å². The van der Waals surface area contributed by atoms with Crippen LogP contribution in [-0.4, -0.2) is 23.0 Å². The van der Waals surface area contributed by atoms with Crippen molar-refractivity contribution in [1.29, 1.82) is 5.26 Å². The molecule has 3 aromatic rings. The Morgan fingerprint density at radius 3 is 1.96 bits per heavy atom. The number of hydrogen-bond acceptors (Lipinski definition) is 5. The summed E-state index contributed by atoms with van der Waals surface area (Å²) in [5.41, 5.74) is 5.90. The number of carbonyl (C=O) groups excluding carboxylic acids is 1. The van der Waals surface area contributed by atoms with E-state index < -0.39 is 0 Å². The highest BCUT2D eigenvalue weighted by Gasteiger charge is 2.10. The maximum absolute atomic E-state index is 11.5. The number of benzene rings is 2. The van der Waals surface area contributed by atoms with E-state index in [0.717, 1.165) is 22.4 Å². The van der Waals surface area contributed by atoms with Gasteiger partial charge in [0, 0.05) is 5.56 Å². The maximum Gasteiger partial charge on any atom is 0.337 e. The molecule has 0 aliphatic rings. The number of esters is 1. The van der Waals surface area contributed by atoms with Gasteiger partial charge in [-0.3, -0.25) is 4.98 Å². The molecule has 128 valence electrons. The fourth-order valence-corrected chi connectivity index (χ4v) is 2.75. The molecule has 0 spiro atoms. The van der Waals surface area contributed by atoms with Crippen LogP contribution in [0.3, 0.4) is 0 Å². The normalized spacial score (nSPS) is 10.2. The van der Waals surface area contributed by atoms with Crippen LogP contribution in [0.15, 0.2) is 48.5 Å². The maximum atomic E-state index is 11.5. The molecule has 5 heteroatoms. The summed E-state index contributed by atoms with van der Waals surface area (Å²) < 4.78 is 4.71. The van der Waals surface area contributed by atoms with E-state index in [9.17, 15) is 4.79 Å². The van der Waals surface area contributed by atoms with Crippen LogP contribution in [0.1, 0.15) is 27.4 Å². The van der Waals surface area contributed by atoms with Gasteiger partial charge in [-0.2, -0.15) is 5.26 Å². The predicted molar refractivity (Wildman–Crippen MR) is 98.4 cm³/mol. The molecular weight excluding hydrogens is 326 g/mol. The van der Waals surface area contributed by atoms with Crippen molar-refractivity contribution < 1.29 is 9.53 Å². The first kappa shape index (κ1) is 17.3. The van der Waals surface area contributed by atoms with Crippen LogP contribution in [0.4, 0.5) is 0 Å². The number of aryl methyl sites for hydroxylation is 2. The largest absolute Gasteiger partial charge is 0.465 e. The first-order valence-corrected chi connectivity index (χ1v) is 8.08. The van der Waals surface area contributed by atoms with E-state index in [1.54, 1.807) is 19.1 Å². The van der Waals surface area contributed by atoms with Gasteiger partial charge in [0.1, 0.15) is 6.07 Å². The molecule has 0 fully saturated rings. The van der Waals surface area contributed by atoms with Gasteiger partial charge in [-0.15, -0.1) is 0 Å². The Labute approximate surface area is 151 Å². The highest BCUT2D eigenvalue weighted by Crippen LogP contribution is 2.26. The van der Waals surface area contributed by atoms with Crippen molar-refractivity contribution in [2.75, 3.05) is 7.11 Å². The fourth-order valence-electron chi connectivity index (χ4n) is 2.75. The highest BCUT2D eigenvalue weighted by molar-refractivity contribution is 5.90. The Morgan fingerprint density at radius 2 is 1.42 bits per heavy atom. The van der Waals surface area contributed by atoms with E-state index >= 15 is 0 Å². The van der Waals surface area contributed by atoms with Crippen molar-refractivity contribution in [2.24, 2.45) is 0 Å². The summed E-state index contributed by atoms with van der Waals surface area (Å²) in [6.45, 7) is 3.67. The minimum atomic E-state index is -0.353. The number of methoxy groups -OCH3 is 1. The molecule has 0 amide bonds. The summed E-state index contributed by atoms with van der Waals surface area (Å²) in [7, 11) is 1.36. The zero-order chi connectivity index (χ0) is 18.7. The van der Waals surface area contributed by atoms with E-state index in [1.165, 1.54) is 7.11 Å². The molecule has 0 saturated heterocycles. The number of nitrogens with zero attached hydrogens (tertiary/aromatic N) is 3. The monoisotopic (exact) mass is 343 g/mol.